The third kappa shape index (κ3) is 7.27. The first-order valence-corrected chi connectivity index (χ1v) is 15.3. The number of benzene rings is 3. The number of aromatic nitrogens is 1. The molecule has 11 nitrogen and oxygen atoms in total. The maximum Gasteiger partial charge on any atom is 0.265 e. The van der Waals surface area contributed by atoms with Crippen LogP contribution in [0.4, 0.5) is 10.1 Å². The number of methoxy groups -OCH3 is 3. The van der Waals surface area contributed by atoms with E-state index in [1.54, 1.807) is 30.2 Å². The maximum atomic E-state index is 14.2. The fourth-order valence-corrected chi connectivity index (χ4v) is 6.04. The zero-order valence-corrected chi connectivity index (χ0v) is 25.7. The van der Waals surface area contributed by atoms with E-state index in [1.807, 2.05) is 30.3 Å². The zero-order valence-electron chi connectivity index (χ0n) is 24.9. The Hall–Kier alpha value is -4.88. The highest BCUT2D eigenvalue weighted by molar-refractivity contribution is 7.92. The molecule has 1 aliphatic heterocycles. The van der Waals surface area contributed by atoms with E-state index in [1.165, 1.54) is 32.5 Å². The Bertz CT molecular complexity index is 1770. The summed E-state index contributed by atoms with van der Waals surface area (Å²) in [6.07, 6.45) is 1.22. The van der Waals surface area contributed by atoms with Gasteiger partial charge in [0, 0.05) is 11.6 Å². The van der Waals surface area contributed by atoms with Crippen molar-refractivity contribution in [3.8, 4) is 23.1 Å². The molecule has 45 heavy (non-hydrogen) atoms. The molecule has 2 heterocycles. The van der Waals surface area contributed by atoms with Crippen LogP contribution in [0.25, 0.3) is 0 Å². The third-order valence-electron chi connectivity index (χ3n) is 7.12. The molecule has 0 radical (unpaired) electrons. The van der Waals surface area contributed by atoms with E-state index < -0.39 is 32.7 Å². The van der Waals surface area contributed by atoms with Gasteiger partial charge in [-0.05, 0) is 42.0 Å². The topological polar surface area (TPSA) is 126 Å². The van der Waals surface area contributed by atoms with Gasteiger partial charge in [0.15, 0.2) is 0 Å². The van der Waals surface area contributed by atoms with Crippen molar-refractivity contribution >= 4 is 21.6 Å². The molecule has 5 rings (SSSR count). The number of rotatable bonds is 12. The van der Waals surface area contributed by atoms with Gasteiger partial charge >= 0.3 is 0 Å². The molecule has 0 fully saturated rings. The van der Waals surface area contributed by atoms with Gasteiger partial charge < -0.3 is 28.6 Å². The van der Waals surface area contributed by atoms with Gasteiger partial charge in [-0.2, -0.15) is 0 Å². The highest BCUT2D eigenvalue weighted by Crippen LogP contribution is 2.32. The summed E-state index contributed by atoms with van der Waals surface area (Å²) >= 11 is 0. The maximum absolute atomic E-state index is 14.2. The quantitative estimate of drug-likeness (QED) is 0.236. The van der Waals surface area contributed by atoms with Crippen molar-refractivity contribution in [1.82, 2.24) is 9.88 Å². The summed E-state index contributed by atoms with van der Waals surface area (Å²) in [6.45, 7) is 0.646. The summed E-state index contributed by atoms with van der Waals surface area (Å²) < 4.78 is 70.7. The average Bonchev–Trinajstić information content (AvgIpc) is 3.17. The smallest absolute Gasteiger partial charge is 0.265 e. The van der Waals surface area contributed by atoms with Crippen LogP contribution >= 0.6 is 0 Å². The van der Waals surface area contributed by atoms with Gasteiger partial charge in [-0.1, -0.05) is 30.3 Å². The van der Waals surface area contributed by atoms with Crippen molar-refractivity contribution in [2.75, 3.05) is 39.3 Å². The molecule has 1 atom stereocenters. The number of hydrogen-bond acceptors (Lipinski definition) is 9. The predicted octanol–water partition coefficient (Wildman–Crippen LogP) is 4.67. The van der Waals surface area contributed by atoms with Crippen LogP contribution in [0.15, 0.2) is 83.9 Å². The average molecular weight is 638 g/mol. The number of amides is 1. The van der Waals surface area contributed by atoms with E-state index in [2.05, 4.69) is 9.71 Å². The number of hydrogen-bond donors (Lipinski definition) is 1. The summed E-state index contributed by atoms with van der Waals surface area (Å²) in [6, 6.07) is 18.8. The van der Waals surface area contributed by atoms with Crippen LogP contribution in [0, 0.1) is 5.82 Å². The molecule has 0 aliphatic carbocycles. The Morgan fingerprint density at radius 2 is 1.76 bits per heavy atom. The fraction of sp³-hybridized carbons (Fsp3) is 0.250. The second-order valence-corrected chi connectivity index (χ2v) is 11.7. The molecule has 3 aromatic carbocycles. The molecule has 0 unspecified atom stereocenters. The van der Waals surface area contributed by atoms with Gasteiger partial charge in [0.1, 0.15) is 40.1 Å². The standard InChI is InChI=1S/C32H32FN3O8S/c1-40-26-11-9-22(29(15-26)42-3)17-36-25(19-43-18-21-7-5-4-6-8-21)20-44-31-27(32(36)37)14-24(16-34-31)35-45(38,39)30-13-23(33)10-12-28(30)41-2/h4-16,25,35H,17-20H2,1-3H3/t25-/m0/s1. The first-order valence-electron chi connectivity index (χ1n) is 13.8. The van der Waals surface area contributed by atoms with Crippen molar-refractivity contribution in [1.29, 1.82) is 0 Å². The molecule has 0 bridgehead atoms. The third-order valence-corrected chi connectivity index (χ3v) is 8.52. The van der Waals surface area contributed by atoms with Crippen molar-refractivity contribution in [3.05, 3.63) is 102 Å². The SMILES string of the molecule is COc1ccc(CN2C(=O)c3cc(NS(=O)(=O)c4cc(F)ccc4OC)cnc3OC[C@@H]2COCc2ccccc2)c(OC)c1. The number of anilines is 1. The van der Waals surface area contributed by atoms with E-state index in [0.717, 1.165) is 17.7 Å². The van der Waals surface area contributed by atoms with E-state index in [9.17, 15) is 17.6 Å². The summed E-state index contributed by atoms with van der Waals surface area (Å²) in [5.41, 5.74) is 1.67. The van der Waals surface area contributed by atoms with Crippen molar-refractivity contribution in [2.45, 2.75) is 24.1 Å². The number of ether oxygens (including phenoxy) is 5. The molecule has 1 N–H and O–H groups in total. The Labute approximate surface area is 260 Å². The largest absolute Gasteiger partial charge is 0.497 e. The Morgan fingerprint density at radius 3 is 2.49 bits per heavy atom. The molecular formula is C32H32FN3O8S. The van der Waals surface area contributed by atoms with Crippen LogP contribution < -0.4 is 23.7 Å². The number of nitrogens with one attached hydrogen (secondary N) is 1. The van der Waals surface area contributed by atoms with Crippen LogP contribution in [0.3, 0.4) is 0 Å². The highest BCUT2D eigenvalue weighted by atomic mass is 32.2. The number of carbonyl (C=O) groups excluding carboxylic acids is 1. The summed E-state index contributed by atoms with van der Waals surface area (Å²) in [4.78, 5) is 19.6. The van der Waals surface area contributed by atoms with Gasteiger partial charge in [0.05, 0.1) is 59.0 Å². The Morgan fingerprint density at radius 1 is 0.978 bits per heavy atom. The van der Waals surface area contributed by atoms with Crippen LogP contribution in [0.1, 0.15) is 21.5 Å². The number of nitrogens with zero attached hydrogens (tertiary/aromatic N) is 2. The Balaban J connectivity index is 1.46. The lowest BCUT2D eigenvalue weighted by Crippen LogP contribution is -2.44. The van der Waals surface area contributed by atoms with Crippen LogP contribution in [0.2, 0.25) is 0 Å². The minimum absolute atomic E-state index is 0.0273. The zero-order chi connectivity index (χ0) is 32.0. The minimum Gasteiger partial charge on any atom is -0.497 e. The molecule has 1 aliphatic rings. The second-order valence-electron chi connectivity index (χ2n) is 10.1. The van der Waals surface area contributed by atoms with Gasteiger partial charge in [-0.15, -0.1) is 0 Å². The van der Waals surface area contributed by atoms with E-state index in [4.69, 9.17) is 23.7 Å². The Kier molecular flexibility index (Phi) is 9.69. The lowest BCUT2D eigenvalue weighted by molar-refractivity contribution is 0.0263. The molecule has 0 saturated heterocycles. The van der Waals surface area contributed by atoms with Gasteiger partial charge in [0.25, 0.3) is 15.9 Å². The molecular weight excluding hydrogens is 605 g/mol. The number of pyridine rings is 1. The molecule has 1 aromatic heterocycles. The first kappa shape index (κ1) is 31.5. The van der Waals surface area contributed by atoms with Crippen molar-refractivity contribution in [2.24, 2.45) is 0 Å². The molecule has 0 spiro atoms. The lowest BCUT2D eigenvalue weighted by atomic mass is 10.1. The first-order chi connectivity index (χ1) is 21.7. The highest BCUT2D eigenvalue weighted by Gasteiger charge is 2.33. The van der Waals surface area contributed by atoms with Crippen LogP contribution in [-0.4, -0.2) is 64.8 Å². The summed E-state index contributed by atoms with van der Waals surface area (Å²) in [5.74, 6) is -0.145. The number of sulfonamides is 1. The van der Waals surface area contributed by atoms with Gasteiger partial charge in [-0.3, -0.25) is 9.52 Å². The molecule has 1 amide bonds. The molecule has 4 aromatic rings. The summed E-state index contributed by atoms with van der Waals surface area (Å²) in [5, 5.41) is 0. The second kappa shape index (κ2) is 13.8. The number of fused-ring (bicyclic) bond motifs is 1. The van der Waals surface area contributed by atoms with Crippen molar-refractivity contribution < 1.29 is 41.3 Å². The van der Waals surface area contributed by atoms with E-state index in [0.29, 0.717) is 23.7 Å². The predicted molar refractivity (Wildman–Crippen MR) is 163 cm³/mol. The number of carbonyl (C=O) groups is 1. The monoisotopic (exact) mass is 637 g/mol. The number of halogens is 1. The summed E-state index contributed by atoms with van der Waals surface area (Å²) in [7, 11) is 0.0198. The van der Waals surface area contributed by atoms with E-state index >= 15 is 0 Å². The molecule has 13 heteroatoms. The van der Waals surface area contributed by atoms with Crippen molar-refractivity contribution in [3.63, 3.8) is 0 Å². The minimum atomic E-state index is -4.33. The van der Waals surface area contributed by atoms with Gasteiger partial charge in [-0.25, -0.2) is 17.8 Å². The van der Waals surface area contributed by atoms with Gasteiger partial charge in [0.2, 0.25) is 5.88 Å². The van der Waals surface area contributed by atoms with Crippen LogP contribution in [-0.2, 0) is 27.9 Å². The van der Waals surface area contributed by atoms with E-state index in [-0.39, 0.29) is 42.6 Å². The van der Waals surface area contributed by atoms with Crippen LogP contribution in [0.5, 0.6) is 23.1 Å². The lowest BCUT2D eigenvalue weighted by Gasteiger charge is -2.30. The fourth-order valence-electron chi connectivity index (χ4n) is 4.82. The molecule has 236 valence electrons. The molecule has 0 saturated carbocycles. The normalized spacial score (nSPS) is 14.6.